The zero-order chi connectivity index (χ0) is 11.9. The molecule has 0 saturated carbocycles. The van der Waals surface area contributed by atoms with E-state index in [0.717, 1.165) is 19.3 Å². The third-order valence-electron chi connectivity index (χ3n) is 3.80. The third kappa shape index (κ3) is 2.24. The van der Waals surface area contributed by atoms with Gasteiger partial charge in [0.15, 0.2) is 9.84 Å². The maximum absolute atomic E-state index is 11.4. The minimum absolute atomic E-state index is 0.149. The smallest absolute Gasteiger partial charge is 0.151 e. The molecule has 1 aliphatic heterocycles. The highest BCUT2D eigenvalue weighted by atomic mass is 32.2. The minimum atomic E-state index is -2.78. The highest BCUT2D eigenvalue weighted by molar-refractivity contribution is 7.91. The summed E-state index contributed by atoms with van der Waals surface area (Å²) in [5.74, 6) is 0.657. The molecule has 2 atom stereocenters. The minimum Gasteiger partial charge on any atom is -0.306 e. The highest BCUT2D eigenvalue weighted by Crippen LogP contribution is 2.31. The Hall–Kier alpha value is -0.870. The van der Waals surface area contributed by atoms with E-state index in [4.69, 9.17) is 0 Å². The van der Waals surface area contributed by atoms with Gasteiger partial charge in [-0.05, 0) is 30.4 Å². The topological polar surface area (TPSA) is 46.2 Å². The van der Waals surface area contributed by atoms with E-state index in [9.17, 15) is 8.42 Å². The van der Waals surface area contributed by atoms with Crippen molar-refractivity contribution in [2.45, 2.75) is 31.3 Å². The van der Waals surface area contributed by atoms with Crippen LogP contribution in [0.3, 0.4) is 0 Å². The normalized spacial score (nSPS) is 30.4. The van der Waals surface area contributed by atoms with Gasteiger partial charge >= 0.3 is 0 Å². The number of rotatable bonds is 2. The van der Waals surface area contributed by atoms with E-state index in [1.165, 1.54) is 11.1 Å². The summed E-state index contributed by atoms with van der Waals surface area (Å²) in [6, 6.07) is 8.96. The lowest BCUT2D eigenvalue weighted by Crippen LogP contribution is -2.32. The molecular weight excluding hydrogens is 234 g/mol. The van der Waals surface area contributed by atoms with Gasteiger partial charge in [-0.3, -0.25) is 0 Å². The lowest BCUT2D eigenvalue weighted by molar-refractivity contribution is 0.458. The summed E-state index contributed by atoms with van der Waals surface area (Å²) >= 11 is 0. The molecule has 1 N–H and O–H groups in total. The fourth-order valence-corrected chi connectivity index (χ4v) is 4.63. The molecule has 3 nitrogen and oxygen atoms in total. The molecule has 1 aromatic carbocycles. The average Bonchev–Trinajstić information content (AvgIpc) is 2.84. The van der Waals surface area contributed by atoms with Gasteiger partial charge in [0.25, 0.3) is 0 Å². The number of fused-ring (bicyclic) bond motifs is 1. The van der Waals surface area contributed by atoms with Crippen molar-refractivity contribution in [3.63, 3.8) is 0 Å². The van der Waals surface area contributed by atoms with E-state index >= 15 is 0 Å². The van der Waals surface area contributed by atoms with E-state index in [1.807, 2.05) is 0 Å². The standard InChI is InChI=1S/C13H17NO2S/c15-17(16)8-7-11(9-17)14-13-6-5-10-3-1-2-4-12(10)13/h1-4,11,13-14H,5-9H2. The lowest BCUT2D eigenvalue weighted by Gasteiger charge is -2.18. The lowest BCUT2D eigenvalue weighted by atomic mass is 10.1. The van der Waals surface area contributed by atoms with Crippen molar-refractivity contribution in [2.24, 2.45) is 0 Å². The molecule has 17 heavy (non-hydrogen) atoms. The van der Waals surface area contributed by atoms with Crippen LogP contribution in [0.15, 0.2) is 24.3 Å². The Bertz CT molecular complexity index is 524. The fraction of sp³-hybridized carbons (Fsp3) is 0.538. The molecular formula is C13H17NO2S. The largest absolute Gasteiger partial charge is 0.306 e. The summed E-state index contributed by atoms with van der Waals surface area (Å²) in [4.78, 5) is 0. The van der Waals surface area contributed by atoms with Crippen LogP contribution in [0.4, 0.5) is 0 Å². The molecule has 0 aromatic heterocycles. The highest BCUT2D eigenvalue weighted by Gasteiger charge is 2.31. The number of aryl methyl sites for hydroxylation is 1. The van der Waals surface area contributed by atoms with Crippen LogP contribution in [0.5, 0.6) is 0 Å². The van der Waals surface area contributed by atoms with E-state index in [-0.39, 0.29) is 6.04 Å². The quantitative estimate of drug-likeness (QED) is 0.865. The van der Waals surface area contributed by atoms with E-state index < -0.39 is 9.84 Å². The summed E-state index contributed by atoms with van der Waals surface area (Å²) in [6.45, 7) is 0. The van der Waals surface area contributed by atoms with Crippen LogP contribution in [-0.4, -0.2) is 26.0 Å². The van der Waals surface area contributed by atoms with Crippen molar-refractivity contribution in [1.29, 1.82) is 0 Å². The van der Waals surface area contributed by atoms with Gasteiger partial charge in [0, 0.05) is 12.1 Å². The zero-order valence-corrected chi connectivity index (χ0v) is 10.5. The predicted octanol–water partition coefficient (Wildman–Crippen LogP) is 1.45. The molecule has 2 unspecified atom stereocenters. The first-order chi connectivity index (χ1) is 8.14. The molecule has 0 amide bonds. The Morgan fingerprint density at radius 2 is 2.00 bits per heavy atom. The first-order valence-corrected chi connectivity index (χ1v) is 8.00. The molecule has 1 aromatic rings. The number of benzene rings is 1. The van der Waals surface area contributed by atoms with Crippen molar-refractivity contribution >= 4 is 9.84 Å². The second-order valence-electron chi connectivity index (χ2n) is 5.06. The number of hydrogen-bond donors (Lipinski definition) is 1. The monoisotopic (exact) mass is 251 g/mol. The Morgan fingerprint density at radius 3 is 2.76 bits per heavy atom. The van der Waals surface area contributed by atoms with Crippen LogP contribution in [-0.2, 0) is 16.3 Å². The molecule has 0 bridgehead atoms. The van der Waals surface area contributed by atoms with Crippen molar-refractivity contribution in [1.82, 2.24) is 5.32 Å². The molecule has 3 rings (SSSR count). The summed E-state index contributed by atoms with van der Waals surface area (Å²) in [6.07, 6.45) is 2.96. The molecule has 2 aliphatic rings. The fourth-order valence-electron chi connectivity index (χ4n) is 2.94. The Morgan fingerprint density at radius 1 is 1.18 bits per heavy atom. The summed E-state index contributed by atoms with van der Waals surface area (Å²) in [5, 5.41) is 3.51. The van der Waals surface area contributed by atoms with E-state index in [0.29, 0.717) is 17.5 Å². The third-order valence-corrected chi connectivity index (χ3v) is 5.57. The van der Waals surface area contributed by atoms with E-state index in [1.54, 1.807) is 0 Å². The molecule has 4 heteroatoms. The molecule has 0 radical (unpaired) electrons. The second kappa shape index (κ2) is 4.10. The number of sulfone groups is 1. The zero-order valence-electron chi connectivity index (χ0n) is 9.72. The molecule has 92 valence electrons. The van der Waals surface area contributed by atoms with Crippen molar-refractivity contribution in [3.8, 4) is 0 Å². The van der Waals surface area contributed by atoms with Crippen LogP contribution in [0.2, 0.25) is 0 Å². The van der Waals surface area contributed by atoms with Crippen molar-refractivity contribution in [2.75, 3.05) is 11.5 Å². The van der Waals surface area contributed by atoms with Gasteiger partial charge in [-0.1, -0.05) is 24.3 Å². The van der Waals surface area contributed by atoms with Gasteiger partial charge in [0.2, 0.25) is 0 Å². The Balaban J connectivity index is 1.72. The van der Waals surface area contributed by atoms with Crippen LogP contribution in [0, 0.1) is 0 Å². The summed E-state index contributed by atoms with van der Waals surface area (Å²) in [7, 11) is -2.78. The van der Waals surface area contributed by atoms with Gasteiger partial charge in [-0.15, -0.1) is 0 Å². The maximum Gasteiger partial charge on any atom is 0.151 e. The summed E-state index contributed by atoms with van der Waals surface area (Å²) < 4.78 is 22.8. The Kier molecular flexibility index (Phi) is 2.71. The van der Waals surface area contributed by atoms with Gasteiger partial charge in [-0.2, -0.15) is 0 Å². The van der Waals surface area contributed by atoms with Gasteiger partial charge < -0.3 is 5.32 Å². The van der Waals surface area contributed by atoms with Gasteiger partial charge in [-0.25, -0.2) is 8.42 Å². The maximum atomic E-state index is 11.4. The van der Waals surface area contributed by atoms with Crippen LogP contribution in [0.1, 0.15) is 30.0 Å². The van der Waals surface area contributed by atoms with Crippen LogP contribution >= 0.6 is 0 Å². The number of nitrogens with one attached hydrogen (secondary N) is 1. The molecule has 1 fully saturated rings. The van der Waals surface area contributed by atoms with Crippen molar-refractivity contribution in [3.05, 3.63) is 35.4 Å². The summed E-state index contributed by atoms with van der Waals surface area (Å²) in [5.41, 5.74) is 2.77. The van der Waals surface area contributed by atoms with Gasteiger partial charge in [0.05, 0.1) is 11.5 Å². The van der Waals surface area contributed by atoms with Crippen molar-refractivity contribution < 1.29 is 8.42 Å². The molecule has 1 heterocycles. The first-order valence-electron chi connectivity index (χ1n) is 6.18. The van der Waals surface area contributed by atoms with Gasteiger partial charge in [0.1, 0.15) is 0 Å². The second-order valence-corrected chi connectivity index (χ2v) is 7.29. The Labute approximate surface area is 102 Å². The molecule has 0 spiro atoms. The van der Waals surface area contributed by atoms with Crippen LogP contribution < -0.4 is 5.32 Å². The molecule has 1 aliphatic carbocycles. The average molecular weight is 251 g/mol. The van der Waals surface area contributed by atoms with E-state index in [2.05, 4.69) is 29.6 Å². The number of hydrogen-bond acceptors (Lipinski definition) is 3. The SMILES string of the molecule is O=S1(=O)CCC(NC2CCc3ccccc32)C1. The molecule has 1 saturated heterocycles. The predicted molar refractivity (Wildman–Crippen MR) is 67.7 cm³/mol. The van der Waals surface area contributed by atoms with Crippen LogP contribution in [0.25, 0.3) is 0 Å². The first kappa shape index (κ1) is 11.2.